The molecule has 4 aromatic rings. The smallest absolute Gasteiger partial charge is 0.343 e. The molecule has 4 heteroatoms. The Hall–Kier alpha value is -3.66. The summed E-state index contributed by atoms with van der Waals surface area (Å²) in [6.45, 7) is 0.364. The average Bonchev–Trinajstić information content (AvgIpc) is 2.75. The van der Waals surface area contributed by atoms with Gasteiger partial charge in [0.2, 0.25) is 0 Å². The first kappa shape index (κ1) is 17.7. The SMILES string of the molecule is COC(=O)c1cccn(Cc2ccccc2-c2cccc3ccccc23)c1=O. The number of pyridine rings is 1. The number of carbonyl (C=O) groups excluding carboxylic acids is 1. The van der Waals surface area contributed by atoms with Crippen molar-refractivity contribution in [3.8, 4) is 11.1 Å². The fraction of sp³-hybridized carbons (Fsp3) is 0.0833. The Kier molecular flexibility index (Phi) is 4.77. The van der Waals surface area contributed by atoms with Crippen LogP contribution in [0.3, 0.4) is 0 Å². The zero-order valence-electron chi connectivity index (χ0n) is 15.5. The van der Waals surface area contributed by atoms with Crippen LogP contribution in [0.15, 0.2) is 89.9 Å². The summed E-state index contributed by atoms with van der Waals surface area (Å²) in [5, 5.41) is 2.33. The predicted molar refractivity (Wildman–Crippen MR) is 111 cm³/mol. The van der Waals surface area contributed by atoms with Gasteiger partial charge in [0.15, 0.2) is 0 Å². The van der Waals surface area contributed by atoms with Crippen LogP contribution in [0, 0.1) is 0 Å². The number of rotatable bonds is 4. The van der Waals surface area contributed by atoms with E-state index in [4.69, 9.17) is 4.74 Å². The molecule has 1 aromatic heterocycles. The van der Waals surface area contributed by atoms with Crippen LogP contribution in [0.1, 0.15) is 15.9 Å². The van der Waals surface area contributed by atoms with Crippen molar-refractivity contribution in [1.29, 1.82) is 0 Å². The minimum Gasteiger partial charge on any atom is -0.465 e. The summed E-state index contributed by atoms with van der Waals surface area (Å²) >= 11 is 0. The molecule has 1 heterocycles. The van der Waals surface area contributed by atoms with Crippen LogP contribution in [-0.2, 0) is 11.3 Å². The van der Waals surface area contributed by atoms with Crippen LogP contribution in [0.25, 0.3) is 21.9 Å². The first-order chi connectivity index (χ1) is 13.7. The van der Waals surface area contributed by atoms with Crippen molar-refractivity contribution in [2.75, 3.05) is 7.11 Å². The molecule has 28 heavy (non-hydrogen) atoms. The van der Waals surface area contributed by atoms with Crippen LogP contribution in [0.4, 0.5) is 0 Å². The van der Waals surface area contributed by atoms with E-state index in [2.05, 4.69) is 30.3 Å². The van der Waals surface area contributed by atoms with Gasteiger partial charge in [-0.3, -0.25) is 4.79 Å². The molecule has 0 aliphatic carbocycles. The van der Waals surface area contributed by atoms with E-state index in [1.807, 2.05) is 36.4 Å². The highest BCUT2D eigenvalue weighted by Gasteiger charge is 2.14. The largest absolute Gasteiger partial charge is 0.465 e. The van der Waals surface area contributed by atoms with Crippen molar-refractivity contribution in [3.63, 3.8) is 0 Å². The fourth-order valence-electron chi connectivity index (χ4n) is 3.49. The third-order valence-corrected chi connectivity index (χ3v) is 4.86. The van der Waals surface area contributed by atoms with Crippen molar-refractivity contribution < 1.29 is 9.53 Å². The van der Waals surface area contributed by atoms with Crippen molar-refractivity contribution in [2.45, 2.75) is 6.54 Å². The first-order valence-electron chi connectivity index (χ1n) is 9.03. The second kappa shape index (κ2) is 7.53. The van der Waals surface area contributed by atoms with Gasteiger partial charge < -0.3 is 9.30 Å². The molecule has 0 aliphatic rings. The summed E-state index contributed by atoms with van der Waals surface area (Å²) in [4.78, 5) is 24.5. The number of hydrogen-bond donors (Lipinski definition) is 0. The van der Waals surface area contributed by atoms with Gasteiger partial charge in [-0.25, -0.2) is 4.79 Å². The number of nitrogens with zero attached hydrogens (tertiary/aromatic N) is 1. The first-order valence-corrected chi connectivity index (χ1v) is 9.03. The summed E-state index contributed by atoms with van der Waals surface area (Å²) < 4.78 is 6.25. The Bertz CT molecular complexity index is 1220. The number of carbonyl (C=O) groups is 1. The zero-order valence-corrected chi connectivity index (χ0v) is 15.5. The number of ether oxygens (including phenoxy) is 1. The van der Waals surface area contributed by atoms with Gasteiger partial charge in [-0.2, -0.15) is 0 Å². The molecule has 0 bridgehead atoms. The van der Waals surface area contributed by atoms with Crippen molar-refractivity contribution >= 4 is 16.7 Å². The van der Waals surface area contributed by atoms with Gasteiger partial charge in [0.05, 0.1) is 13.7 Å². The number of benzene rings is 3. The van der Waals surface area contributed by atoms with Gasteiger partial charge in [-0.05, 0) is 39.6 Å². The molecule has 0 spiro atoms. The standard InChI is InChI=1S/C24H19NO3/c1-28-24(27)22-14-7-15-25(23(22)26)16-18-9-3-5-12-20(18)21-13-6-10-17-8-2-4-11-19(17)21/h2-15H,16H2,1H3. The van der Waals surface area contributed by atoms with E-state index < -0.39 is 5.97 Å². The lowest BCUT2D eigenvalue weighted by atomic mass is 9.94. The maximum atomic E-state index is 12.7. The summed E-state index contributed by atoms with van der Waals surface area (Å²) in [5.74, 6) is -0.623. The van der Waals surface area contributed by atoms with Gasteiger partial charge in [0.1, 0.15) is 5.56 Å². The summed E-state index contributed by atoms with van der Waals surface area (Å²) in [6, 6.07) is 25.7. The molecule has 0 aliphatic heterocycles. The maximum Gasteiger partial charge on any atom is 0.343 e. The molecule has 0 N–H and O–H groups in total. The van der Waals surface area contributed by atoms with Crippen LogP contribution >= 0.6 is 0 Å². The average molecular weight is 369 g/mol. The molecule has 0 amide bonds. The minimum absolute atomic E-state index is 0.0349. The lowest BCUT2D eigenvalue weighted by Gasteiger charge is -2.14. The molecular formula is C24H19NO3. The van der Waals surface area contributed by atoms with E-state index in [0.717, 1.165) is 22.1 Å². The number of methoxy groups -OCH3 is 1. The van der Waals surface area contributed by atoms with E-state index in [0.29, 0.717) is 6.54 Å². The molecule has 0 atom stereocenters. The molecule has 0 radical (unpaired) electrons. The third kappa shape index (κ3) is 3.21. The minimum atomic E-state index is -0.623. The van der Waals surface area contributed by atoms with Crippen LogP contribution in [-0.4, -0.2) is 17.6 Å². The van der Waals surface area contributed by atoms with Crippen molar-refractivity contribution in [1.82, 2.24) is 4.57 Å². The highest BCUT2D eigenvalue weighted by Crippen LogP contribution is 2.31. The molecule has 0 fully saturated rings. The Labute approximate surface area is 162 Å². The van der Waals surface area contributed by atoms with Crippen LogP contribution < -0.4 is 5.56 Å². The van der Waals surface area contributed by atoms with Crippen LogP contribution in [0.5, 0.6) is 0 Å². The summed E-state index contributed by atoms with van der Waals surface area (Å²) in [6.07, 6.45) is 1.69. The summed E-state index contributed by atoms with van der Waals surface area (Å²) in [5.41, 5.74) is 2.86. The second-order valence-electron chi connectivity index (χ2n) is 6.53. The quantitative estimate of drug-likeness (QED) is 0.498. The number of aromatic nitrogens is 1. The highest BCUT2D eigenvalue weighted by atomic mass is 16.5. The summed E-state index contributed by atoms with van der Waals surface area (Å²) in [7, 11) is 1.27. The van der Waals surface area contributed by atoms with E-state index in [1.165, 1.54) is 23.1 Å². The van der Waals surface area contributed by atoms with E-state index >= 15 is 0 Å². The number of hydrogen-bond acceptors (Lipinski definition) is 3. The van der Waals surface area contributed by atoms with Gasteiger partial charge in [-0.1, -0.05) is 66.7 Å². The van der Waals surface area contributed by atoms with Gasteiger partial charge in [0, 0.05) is 6.20 Å². The molecular weight excluding hydrogens is 350 g/mol. The van der Waals surface area contributed by atoms with E-state index in [9.17, 15) is 9.59 Å². The zero-order chi connectivity index (χ0) is 19.5. The highest BCUT2D eigenvalue weighted by molar-refractivity contribution is 5.97. The van der Waals surface area contributed by atoms with E-state index in [1.54, 1.807) is 12.3 Å². The molecule has 3 aromatic carbocycles. The molecule has 0 saturated carbocycles. The second-order valence-corrected chi connectivity index (χ2v) is 6.53. The molecule has 0 unspecified atom stereocenters. The van der Waals surface area contributed by atoms with Crippen molar-refractivity contribution in [2.24, 2.45) is 0 Å². The lowest BCUT2D eigenvalue weighted by Crippen LogP contribution is -2.26. The Morgan fingerprint density at radius 1 is 0.857 bits per heavy atom. The Morgan fingerprint density at radius 2 is 1.57 bits per heavy atom. The maximum absolute atomic E-state index is 12.7. The topological polar surface area (TPSA) is 48.3 Å². The molecule has 138 valence electrons. The van der Waals surface area contributed by atoms with Gasteiger partial charge in [0.25, 0.3) is 5.56 Å². The Morgan fingerprint density at radius 3 is 2.43 bits per heavy atom. The lowest BCUT2D eigenvalue weighted by molar-refractivity contribution is 0.0598. The molecule has 0 saturated heterocycles. The fourth-order valence-corrected chi connectivity index (χ4v) is 3.49. The van der Waals surface area contributed by atoms with Gasteiger partial charge in [-0.15, -0.1) is 0 Å². The predicted octanol–water partition coefficient (Wildman–Crippen LogP) is 4.50. The number of fused-ring (bicyclic) bond motifs is 1. The molecule has 4 rings (SSSR count). The van der Waals surface area contributed by atoms with Gasteiger partial charge >= 0.3 is 5.97 Å². The third-order valence-electron chi connectivity index (χ3n) is 4.86. The van der Waals surface area contributed by atoms with E-state index in [-0.39, 0.29) is 11.1 Å². The Balaban J connectivity index is 1.82. The normalized spacial score (nSPS) is 10.8. The number of esters is 1. The molecule has 4 nitrogen and oxygen atoms in total. The van der Waals surface area contributed by atoms with Crippen molar-refractivity contribution in [3.05, 3.63) is 107 Å². The monoisotopic (exact) mass is 369 g/mol. The van der Waals surface area contributed by atoms with Crippen LogP contribution in [0.2, 0.25) is 0 Å².